The van der Waals surface area contributed by atoms with Crippen LogP contribution in [0.15, 0.2) is 0 Å². The Bertz CT molecular complexity index is 323. The average Bonchev–Trinajstić information content (AvgIpc) is 2.35. The molecule has 0 heterocycles. The maximum absolute atomic E-state index is 11.9. The van der Waals surface area contributed by atoms with Gasteiger partial charge in [0.15, 0.2) is 0 Å². The number of nitrogens with two attached hydrogens (primary N) is 1. The molecule has 4 N–H and O–H groups in total. The van der Waals surface area contributed by atoms with E-state index in [1.54, 1.807) is 0 Å². The quantitative estimate of drug-likeness (QED) is 0.682. The van der Waals surface area contributed by atoms with Gasteiger partial charge in [-0.2, -0.15) is 0 Å². The number of carbonyl (C=O) groups is 2. The fourth-order valence-corrected chi connectivity index (χ4v) is 2.73. The number of rotatable bonds is 6. The molecule has 1 rings (SSSR count). The van der Waals surface area contributed by atoms with Crippen molar-refractivity contribution in [3.63, 3.8) is 0 Å². The number of aliphatic carboxylic acids is 1. The molecular formula is C14H26N2O3. The number of carboxylic acids is 1. The average molecular weight is 270 g/mol. The van der Waals surface area contributed by atoms with E-state index in [2.05, 4.69) is 5.32 Å². The lowest BCUT2D eigenvalue weighted by Crippen LogP contribution is -2.48. The summed E-state index contributed by atoms with van der Waals surface area (Å²) in [6.45, 7) is 4.23. The molecule has 1 aliphatic carbocycles. The third-order valence-corrected chi connectivity index (χ3v) is 4.10. The number of hydrogen-bond donors (Lipinski definition) is 3. The number of amides is 1. The van der Waals surface area contributed by atoms with Crippen LogP contribution in [0, 0.1) is 11.3 Å². The molecule has 0 bridgehead atoms. The van der Waals surface area contributed by atoms with Crippen LogP contribution in [0.1, 0.15) is 52.4 Å². The maximum Gasteiger partial charge on any atom is 0.303 e. The standard InChI is InChI=1S/C14H26N2O3/c1-10(2)12(15)13(19)16-9-14(8-11(17)18)6-4-3-5-7-14/h10,12H,3-9,15H2,1-2H3,(H,16,19)(H,17,18). The first-order chi connectivity index (χ1) is 8.86. The van der Waals surface area contributed by atoms with Crippen molar-refractivity contribution in [1.82, 2.24) is 5.32 Å². The van der Waals surface area contributed by atoms with E-state index in [0.717, 1.165) is 32.1 Å². The van der Waals surface area contributed by atoms with E-state index in [0.29, 0.717) is 6.54 Å². The van der Waals surface area contributed by atoms with Gasteiger partial charge in [-0.3, -0.25) is 9.59 Å². The monoisotopic (exact) mass is 270 g/mol. The van der Waals surface area contributed by atoms with Crippen molar-refractivity contribution in [3.05, 3.63) is 0 Å². The molecule has 1 aliphatic rings. The van der Waals surface area contributed by atoms with Gasteiger partial charge < -0.3 is 16.2 Å². The van der Waals surface area contributed by atoms with Crippen LogP contribution >= 0.6 is 0 Å². The maximum atomic E-state index is 11.9. The fourth-order valence-electron chi connectivity index (χ4n) is 2.73. The van der Waals surface area contributed by atoms with Gasteiger partial charge in [0.1, 0.15) is 0 Å². The minimum Gasteiger partial charge on any atom is -0.481 e. The number of carbonyl (C=O) groups excluding carboxylic acids is 1. The second-order valence-corrected chi connectivity index (χ2v) is 6.12. The van der Waals surface area contributed by atoms with E-state index in [4.69, 9.17) is 10.8 Å². The van der Waals surface area contributed by atoms with E-state index >= 15 is 0 Å². The predicted molar refractivity (Wildman–Crippen MR) is 73.6 cm³/mol. The molecule has 0 aliphatic heterocycles. The largest absolute Gasteiger partial charge is 0.481 e. The van der Waals surface area contributed by atoms with Crippen molar-refractivity contribution in [3.8, 4) is 0 Å². The predicted octanol–water partition coefficient (Wildman–Crippen LogP) is 1.51. The summed E-state index contributed by atoms with van der Waals surface area (Å²) in [4.78, 5) is 22.9. The molecule has 0 radical (unpaired) electrons. The van der Waals surface area contributed by atoms with Crippen LogP contribution in [0.25, 0.3) is 0 Å². The second kappa shape index (κ2) is 6.89. The molecule has 1 amide bonds. The molecule has 5 heteroatoms. The third kappa shape index (κ3) is 4.82. The van der Waals surface area contributed by atoms with Gasteiger partial charge in [0, 0.05) is 6.54 Å². The Morgan fingerprint density at radius 3 is 2.32 bits per heavy atom. The zero-order valence-corrected chi connectivity index (χ0v) is 11.9. The van der Waals surface area contributed by atoms with Crippen LogP contribution in [0.3, 0.4) is 0 Å². The molecule has 0 saturated heterocycles. The third-order valence-electron chi connectivity index (χ3n) is 4.10. The zero-order valence-electron chi connectivity index (χ0n) is 11.9. The minimum atomic E-state index is -0.788. The molecule has 0 aromatic rings. The summed E-state index contributed by atoms with van der Waals surface area (Å²) in [5.41, 5.74) is 5.51. The van der Waals surface area contributed by atoms with E-state index in [1.807, 2.05) is 13.8 Å². The van der Waals surface area contributed by atoms with Crippen molar-refractivity contribution in [2.45, 2.75) is 58.4 Å². The highest BCUT2D eigenvalue weighted by Gasteiger charge is 2.35. The van der Waals surface area contributed by atoms with Gasteiger partial charge in [-0.25, -0.2) is 0 Å². The van der Waals surface area contributed by atoms with Gasteiger partial charge in [0.05, 0.1) is 12.5 Å². The SMILES string of the molecule is CC(C)C(N)C(=O)NCC1(CC(=O)O)CCCCC1. The van der Waals surface area contributed by atoms with E-state index < -0.39 is 12.0 Å². The topological polar surface area (TPSA) is 92.4 Å². The molecule has 1 unspecified atom stereocenters. The molecule has 19 heavy (non-hydrogen) atoms. The molecule has 0 aromatic heterocycles. The summed E-state index contributed by atoms with van der Waals surface area (Å²) < 4.78 is 0. The van der Waals surface area contributed by atoms with Gasteiger partial charge in [-0.15, -0.1) is 0 Å². The van der Waals surface area contributed by atoms with E-state index in [9.17, 15) is 9.59 Å². The Hall–Kier alpha value is -1.10. The summed E-state index contributed by atoms with van der Waals surface area (Å²) in [6.07, 6.45) is 5.11. The van der Waals surface area contributed by atoms with Gasteiger partial charge >= 0.3 is 5.97 Å². The van der Waals surface area contributed by atoms with Gasteiger partial charge in [0.2, 0.25) is 5.91 Å². The van der Waals surface area contributed by atoms with Crippen LogP contribution in [-0.4, -0.2) is 29.6 Å². The lowest BCUT2D eigenvalue weighted by atomic mass is 9.71. The molecule has 1 saturated carbocycles. The van der Waals surface area contributed by atoms with Crippen molar-refractivity contribution < 1.29 is 14.7 Å². The Morgan fingerprint density at radius 2 is 1.84 bits per heavy atom. The zero-order chi connectivity index (χ0) is 14.5. The van der Waals surface area contributed by atoms with Crippen molar-refractivity contribution in [1.29, 1.82) is 0 Å². The second-order valence-electron chi connectivity index (χ2n) is 6.12. The van der Waals surface area contributed by atoms with Gasteiger partial charge in [0.25, 0.3) is 0 Å². The summed E-state index contributed by atoms with van der Waals surface area (Å²) >= 11 is 0. The highest BCUT2D eigenvalue weighted by atomic mass is 16.4. The summed E-state index contributed by atoms with van der Waals surface area (Å²) in [5, 5.41) is 11.9. The van der Waals surface area contributed by atoms with E-state index in [-0.39, 0.29) is 23.7 Å². The normalized spacial score (nSPS) is 20.0. The molecule has 1 fully saturated rings. The summed E-state index contributed by atoms with van der Waals surface area (Å²) in [6, 6.07) is -0.523. The van der Waals surface area contributed by atoms with Crippen LogP contribution in [0.2, 0.25) is 0 Å². The Labute approximate surface area is 114 Å². The number of hydrogen-bond acceptors (Lipinski definition) is 3. The lowest BCUT2D eigenvalue weighted by molar-refractivity contribution is -0.140. The molecule has 1 atom stereocenters. The minimum absolute atomic E-state index is 0.0850. The van der Waals surface area contributed by atoms with Crippen LogP contribution in [0.4, 0.5) is 0 Å². The Balaban J connectivity index is 2.58. The molecule has 0 aromatic carbocycles. The molecule has 5 nitrogen and oxygen atoms in total. The first kappa shape index (κ1) is 16.0. The summed E-state index contributed by atoms with van der Waals surface area (Å²) in [5.74, 6) is -0.878. The first-order valence-corrected chi connectivity index (χ1v) is 7.11. The highest BCUT2D eigenvalue weighted by molar-refractivity contribution is 5.81. The Kier molecular flexibility index (Phi) is 5.79. The van der Waals surface area contributed by atoms with Gasteiger partial charge in [-0.1, -0.05) is 33.1 Å². The first-order valence-electron chi connectivity index (χ1n) is 7.11. The summed E-state index contributed by atoms with van der Waals surface area (Å²) in [7, 11) is 0. The van der Waals surface area contributed by atoms with Crippen molar-refractivity contribution in [2.24, 2.45) is 17.1 Å². The lowest BCUT2D eigenvalue weighted by Gasteiger charge is -2.36. The number of carboxylic acid groups (broad SMARTS) is 1. The highest BCUT2D eigenvalue weighted by Crippen LogP contribution is 2.38. The Morgan fingerprint density at radius 1 is 1.26 bits per heavy atom. The van der Waals surface area contributed by atoms with Crippen molar-refractivity contribution in [2.75, 3.05) is 6.54 Å². The van der Waals surface area contributed by atoms with Crippen molar-refractivity contribution >= 4 is 11.9 Å². The van der Waals surface area contributed by atoms with Crippen LogP contribution in [-0.2, 0) is 9.59 Å². The molecular weight excluding hydrogens is 244 g/mol. The van der Waals surface area contributed by atoms with E-state index in [1.165, 1.54) is 0 Å². The smallest absolute Gasteiger partial charge is 0.303 e. The van der Waals surface area contributed by atoms with Crippen LogP contribution < -0.4 is 11.1 Å². The van der Waals surface area contributed by atoms with Gasteiger partial charge in [-0.05, 0) is 24.2 Å². The van der Waals surface area contributed by atoms with Crippen LogP contribution in [0.5, 0.6) is 0 Å². The molecule has 0 spiro atoms. The number of nitrogens with one attached hydrogen (secondary N) is 1. The fraction of sp³-hybridized carbons (Fsp3) is 0.857. The molecule has 110 valence electrons.